The smallest absolute Gasteiger partial charge is 0.295 e. The fraction of sp³-hybridized carbons (Fsp3) is 0.417. The van der Waals surface area contributed by atoms with E-state index in [0.29, 0.717) is 12.1 Å². The van der Waals surface area contributed by atoms with E-state index in [9.17, 15) is 14.7 Å². The van der Waals surface area contributed by atoms with Gasteiger partial charge in [0, 0.05) is 16.9 Å². The zero-order chi connectivity index (χ0) is 22.1. The summed E-state index contributed by atoms with van der Waals surface area (Å²) in [5.41, 5.74) is 1.72. The Kier molecular flexibility index (Phi) is 6.16. The summed E-state index contributed by atoms with van der Waals surface area (Å²) in [6, 6.07) is 8.72. The number of likely N-dealkylation sites (N-methyl/N-ethyl adjacent to an activating group) is 1. The molecule has 0 unspecified atom stereocenters. The van der Waals surface area contributed by atoms with Gasteiger partial charge in [-0.3, -0.25) is 9.59 Å². The molecule has 1 aromatic carbocycles. The summed E-state index contributed by atoms with van der Waals surface area (Å²) in [7, 11) is 0. The highest BCUT2D eigenvalue weighted by molar-refractivity contribution is 7.10. The number of Topliss-reactive ketones (excluding diaryl/α,β-unsaturated/α-hetero) is 1. The number of thiophene rings is 1. The third kappa shape index (κ3) is 4.00. The number of hydrogen-bond acceptors (Lipinski definition) is 5. The van der Waals surface area contributed by atoms with Gasteiger partial charge in [-0.2, -0.15) is 0 Å². The number of amides is 1. The zero-order valence-electron chi connectivity index (χ0n) is 18.2. The second kappa shape index (κ2) is 8.85. The minimum Gasteiger partial charge on any atom is -0.507 e. The maximum absolute atomic E-state index is 13.1. The van der Waals surface area contributed by atoms with Crippen molar-refractivity contribution >= 4 is 28.8 Å². The molecule has 3 heterocycles. The summed E-state index contributed by atoms with van der Waals surface area (Å²) < 4.78 is 5.75. The first kappa shape index (κ1) is 21.6. The fourth-order valence-electron chi connectivity index (χ4n) is 4.46. The number of likely N-dealkylation sites (tertiary alicyclic amines) is 1. The van der Waals surface area contributed by atoms with Crippen LogP contribution in [0.15, 0.2) is 41.3 Å². The van der Waals surface area contributed by atoms with Crippen LogP contribution in [0, 0.1) is 0 Å². The third-order valence-corrected chi connectivity index (χ3v) is 7.15. The van der Waals surface area contributed by atoms with Gasteiger partial charge >= 0.3 is 0 Å². The fourth-order valence-corrected chi connectivity index (χ4v) is 5.31. The van der Waals surface area contributed by atoms with E-state index in [1.165, 1.54) is 16.2 Å². The molecule has 0 spiro atoms. The summed E-state index contributed by atoms with van der Waals surface area (Å²) in [5.74, 6) is -0.460. The van der Waals surface area contributed by atoms with Crippen LogP contribution in [0.3, 0.4) is 0 Å². The normalized spacial score (nSPS) is 22.3. The predicted molar refractivity (Wildman–Crippen MR) is 120 cm³/mol. The van der Waals surface area contributed by atoms with E-state index < -0.39 is 17.7 Å². The Labute approximate surface area is 186 Å². The van der Waals surface area contributed by atoms with Crippen molar-refractivity contribution in [2.45, 2.75) is 39.3 Å². The third-order valence-electron chi connectivity index (χ3n) is 6.23. The Morgan fingerprint density at radius 2 is 2.03 bits per heavy atom. The molecule has 1 amide bonds. The van der Waals surface area contributed by atoms with E-state index >= 15 is 0 Å². The average Bonchev–Trinajstić information content (AvgIpc) is 3.47. The molecule has 2 aliphatic heterocycles. The highest BCUT2D eigenvalue weighted by atomic mass is 32.1. The summed E-state index contributed by atoms with van der Waals surface area (Å²) >= 11 is 1.49. The van der Waals surface area contributed by atoms with Gasteiger partial charge in [-0.05, 0) is 56.0 Å². The molecule has 0 bridgehead atoms. The summed E-state index contributed by atoms with van der Waals surface area (Å²) in [6.45, 7) is 9.37. The predicted octanol–water partition coefficient (Wildman–Crippen LogP) is 2.42. The molecule has 2 atom stereocenters. The quantitative estimate of drug-likeness (QED) is 0.393. The van der Waals surface area contributed by atoms with Crippen LogP contribution in [-0.2, 0) is 16.0 Å². The Bertz CT molecular complexity index is 1010. The zero-order valence-corrected chi connectivity index (χ0v) is 19.0. The van der Waals surface area contributed by atoms with E-state index in [2.05, 4.69) is 13.8 Å². The molecule has 2 N–H and O–H groups in total. The van der Waals surface area contributed by atoms with Gasteiger partial charge in [0.25, 0.3) is 11.7 Å². The summed E-state index contributed by atoms with van der Waals surface area (Å²) in [5, 5.41) is 13.1. The van der Waals surface area contributed by atoms with Crippen LogP contribution < -0.4 is 9.64 Å². The van der Waals surface area contributed by atoms with Gasteiger partial charge in [0.2, 0.25) is 0 Å². The Hall–Kier alpha value is -2.64. The lowest BCUT2D eigenvalue weighted by Gasteiger charge is -2.25. The van der Waals surface area contributed by atoms with Crippen LogP contribution >= 0.6 is 11.3 Å². The molecule has 1 saturated heterocycles. The maximum Gasteiger partial charge on any atom is 0.295 e. The van der Waals surface area contributed by atoms with Crippen molar-refractivity contribution in [1.29, 1.82) is 0 Å². The van der Waals surface area contributed by atoms with E-state index in [1.807, 2.05) is 36.6 Å². The number of aliphatic hydroxyl groups excluding tert-OH is 1. The largest absolute Gasteiger partial charge is 0.507 e. The minimum atomic E-state index is -0.615. The van der Waals surface area contributed by atoms with Crippen molar-refractivity contribution in [3.63, 3.8) is 0 Å². The average molecular weight is 442 g/mol. The van der Waals surface area contributed by atoms with Crippen molar-refractivity contribution < 1.29 is 24.3 Å². The molecule has 0 radical (unpaired) electrons. The number of nitrogens with zero attached hydrogens (tertiary/aromatic N) is 1. The number of quaternary nitrogens is 1. The molecule has 0 saturated carbocycles. The molecule has 1 fully saturated rings. The highest BCUT2D eigenvalue weighted by Crippen LogP contribution is 2.41. The van der Waals surface area contributed by atoms with E-state index in [0.717, 1.165) is 42.2 Å². The van der Waals surface area contributed by atoms with Gasteiger partial charge in [0.05, 0.1) is 37.8 Å². The SMILES string of the molecule is CC[NH+](CC)CCN1C(=O)C(=O)C(=C(O)c2ccc3c(c2)C[C@H](C)O3)[C@@H]1c1cccs1. The molecule has 0 aliphatic carbocycles. The first-order chi connectivity index (χ1) is 14.9. The lowest BCUT2D eigenvalue weighted by Crippen LogP contribution is -3.12. The van der Waals surface area contributed by atoms with Crippen molar-refractivity contribution in [1.82, 2.24) is 4.90 Å². The second-order valence-electron chi connectivity index (χ2n) is 8.17. The number of carbonyl (C=O) groups is 2. The monoisotopic (exact) mass is 441 g/mol. The molecular formula is C24H29N2O4S+. The van der Waals surface area contributed by atoms with Crippen LogP contribution in [0.2, 0.25) is 0 Å². The summed E-state index contributed by atoms with van der Waals surface area (Å²) in [4.78, 5) is 29.9. The van der Waals surface area contributed by atoms with Crippen LogP contribution in [0.5, 0.6) is 5.75 Å². The lowest BCUT2D eigenvalue weighted by molar-refractivity contribution is -0.895. The van der Waals surface area contributed by atoms with Crippen LogP contribution in [-0.4, -0.2) is 54.0 Å². The van der Waals surface area contributed by atoms with Crippen LogP contribution in [0.1, 0.15) is 42.8 Å². The Morgan fingerprint density at radius 3 is 2.71 bits per heavy atom. The van der Waals surface area contributed by atoms with E-state index in [4.69, 9.17) is 4.74 Å². The number of nitrogens with one attached hydrogen (secondary N) is 1. The summed E-state index contributed by atoms with van der Waals surface area (Å²) in [6.07, 6.45) is 0.845. The number of benzene rings is 1. The van der Waals surface area contributed by atoms with Gasteiger partial charge in [0.15, 0.2) is 0 Å². The standard InChI is InChI=1S/C24H28N2O4S/c1-4-25(5-2)10-11-26-21(19-7-6-12-31-19)20(23(28)24(26)29)22(27)16-8-9-18-17(14-16)13-15(3)30-18/h6-9,12,14-15,21,27H,4-5,10-11,13H2,1-3H3/p+1/t15-,21-/m0/s1. The van der Waals surface area contributed by atoms with E-state index in [1.54, 1.807) is 11.0 Å². The molecule has 164 valence electrons. The molecule has 4 rings (SSSR count). The molecular weight excluding hydrogens is 412 g/mol. The van der Waals surface area contributed by atoms with Crippen molar-refractivity contribution in [2.75, 3.05) is 26.2 Å². The maximum atomic E-state index is 13.1. The lowest BCUT2D eigenvalue weighted by atomic mass is 9.98. The number of fused-ring (bicyclic) bond motifs is 1. The number of rotatable bonds is 7. The van der Waals surface area contributed by atoms with E-state index in [-0.39, 0.29) is 17.4 Å². The molecule has 31 heavy (non-hydrogen) atoms. The van der Waals surface area contributed by atoms with Crippen LogP contribution in [0.4, 0.5) is 0 Å². The second-order valence-corrected chi connectivity index (χ2v) is 9.15. The number of hydrogen-bond donors (Lipinski definition) is 2. The molecule has 7 heteroatoms. The number of carbonyl (C=O) groups excluding carboxylic acids is 2. The molecule has 2 aromatic rings. The molecule has 2 aliphatic rings. The molecule has 6 nitrogen and oxygen atoms in total. The molecule has 1 aromatic heterocycles. The number of ether oxygens (including phenoxy) is 1. The Morgan fingerprint density at radius 1 is 1.26 bits per heavy atom. The first-order valence-electron chi connectivity index (χ1n) is 10.9. The van der Waals surface area contributed by atoms with Gasteiger partial charge in [-0.25, -0.2) is 0 Å². The van der Waals surface area contributed by atoms with Crippen molar-refractivity contribution in [3.05, 3.63) is 57.3 Å². The number of ketones is 1. The Balaban J connectivity index is 1.74. The minimum absolute atomic E-state index is 0.0895. The van der Waals surface area contributed by atoms with Gasteiger partial charge in [-0.15, -0.1) is 11.3 Å². The van der Waals surface area contributed by atoms with Crippen LogP contribution in [0.25, 0.3) is 5.76 Å². The number of aliphatic hydroxyl groups is 1. The topological polar surface area (TPSA) is 71.3 Å². The van der Waals surface area contributed by atoms with Crippen molar-refractivity contribution in [3.8, 4) is 5.75 Å². The van der Waals surface area contributed by atoms with Gasteiger partial charge < -0.3 is 19.6 Å². The highest BCUT2D eigenvalue weighted by Gasteiger charge is 2.46. The van der Waals surface area contributed by atoms with Gasteiger partial charge in [0.1, 0.15) is 17.6 Å². The van der Waals surface area contributed by atoms with Crippen molar-refractivity contribution in [2.24, 2.45) is 0 Å². The van der Waals surface area contributed by atoms with Gasteiger partial charge in [-0.1, -0.05) is 6.07 Å². The first-order valence-corrected chi connectivity index (χ1v) is 11.8.